The molecular formula is C20H19NO3S2. The molecule has 2 aromatic carbocycles. The van der Waals surface area contributed by atoms with Gasteiger partial charge in [-0.2, -0.15) is 0 Å². The Kier molecular flexibility index (Phi) is 5.96. The molecule has 0 bridgehead atoms. The molecule has 1 fully saturated rings. The van der Waals surface area contributed by atoms with Crippen molar-refractivity contribution in [1.29, 1.82) is 0 Å². The first-order chi connectivity index (χ1) is 12.6. The highest BCUT2D eigenvalue weighted by molar-refractivity contribution is 8.26. The highest BCUT2D eigenvalue weighted by Crippen LogP contribution is 2.34. The zero-order valence-electron chi connectivity index (χ0n) is 14.6. The Balaban J connectivity index is 1.71. The molecule has 0 radical (unpaired) electrons. The van der Waals surface area contributed by atoms with E-state index in [9.17, 15) is 4.79 Å². The number of carbonyl (C=O) groups is 1. The molecule has 0 aliphatic carbocycles. The van der Waals surface area contributed by atoms with Crippen molar-refractivity contribution in [2.75, 3.05) is 20.8 Å². The predicted molar refractivity (Wildman–Crippen MR) is 110 cm³/mol. The molecule has 1 saturated heterocycles. The quantitative estimate of drug-likeness (QED) is 0.552. The summed E-state index contributed by atoms with van der Waals surface area (Å²) in [4.78, 5) is 15.0. The molecule has 3 rings (SSSR count). The van der Waals surface area contributed by atoms with Crippen molar-refractivity contribution in [1.82, 2.24) is 4.90 Å². The lowest BCUT2D eigenvalue weighted by Gasteiger charge is -2.14. The lowest BCUT2D eigenvalue weighted by atomic mass is 10.1. The fourth-order valence-electron chi connectivity index (χ4n) is 2.65. The second-order valence-electron chi connectivity index (χ2n) is 5.67. The van der Waals surface area contributed by atoms with Gasteiger partial charge in [0, 0.05) is 12.1 Å². The fraction of sp³-hybridized carbons (Fsp3) is 0.200. The summed E-state index contributed by atoms with van der Waals surface area (Å²) in [5.74, 6) is 1.49. The summed E-state index contributed by atoms with van der Waals surface area (Å²) in [5, 5.41) is 0. The van der Waals surface area contributed by atoms with Gasteiger partial charge in [0.1, 0.15) is 15.8 Å². The van der Waals surface area contributed by atoms with Crippen molar-refractivity contribution >= 4 is 40.3 Å². The third-order valence-corrected chi connectivity index (χ3v) is 5.46. The van der Waals surface area contributed by atoms with Gasteiger partial charge in [-0.3, -0.25) is 9.69 Å². The zero-order valence-corrected chi connectivity index (χ0v) is 16.2. The lowest BCUT2D eigenvalue weighted by molar-refractivity contribution is -0.122. The van der Waals surface area contributed by atoms with Gasteiger partial charge < -0.3 is 9.47 Å². The molecule has 0 atom stereocenters. The number of hydrogen-bond donors (Lipinski definition) is 0. The smallest absolute Gasteiger partial charge is 0.266 e. The molecule has 0 saturated carbocycles. The maximum atomic E-state index is 12.7. The molecule has 1 heterocycles. The van der Waals surface area contributed by atoms with E-state index in [1.54, 1.807) is 19.1 Å². The number of ether oxygens (including phenoxy) is 2. The molecule has 0 spiro atoms. The van der Waals surface area contributed by atoms with E-state index in [1.165, 1.54) is 11.8 Å². The molecular weight excluding hydrogens is 366 g/mol. The van der Waals surface area contributed by atoms with Gasteiger partial charge in [0.2, 0.25) is 0 Å². The van der Waals surface area contributed by atoms with Crippen LogP contribution in [0.25, 0.3) is 6.08 Å². The van der Waals surface area contributed by atoms with Gasteiger partial charge >= 0.3 is 0 Å². The molecule has 0 unspecified atom stereocenters. The summed E-state index contributed by atoms with van der Waals surface area (Å²) in [6, 6.07) is 15.4. The second-order valence-corrected chi connectivity index (χ2v) is 7.35. The van der Waals surface area contributed by atoms with Gasteiger partial charge in [-0.15, -0.1) is 0 Å². The first kappa shape index (κ1) is 18.5. The summed E-state index contributed by atoms with van der Waals surface area (Å²) < 4.78 is 11.1. The van der Waals surface area contributed by atoms with Crippen molar-refractivity contribution < 1.29 is 14.3 Å². The maximum Gasteiger partial charge on any atom is 0.266 e. The lowest BCUT2D eigenvalue weighted by Crippen LogP contribution is -2.30. The third-order valence-electron chi connectivity index (χ3n) is 4.08. The van der Waals surface area contributed by atoms with E-state index in [0.29, 0.717) is 15.8 Å². The largest absolute Gasteiger partial charge is 0.497 e. The van der Waals surface area contributed by atoms with Crippen molar-refractivity contribution in [3.05, 3.63) is 64.6 Å². The zero-order chi connectivity index (χ0) is 18.5. The monoisotopic (exact) mass is 385 g/mol. The van der Waals surface area contributed by atoms with Gasteiger partial charge in [0.15, 0.2) is 0 Å². The SMILES string of the molecule is COc1ccc(CCN2C(=O)/C(=C/c3ccccc3OC)SC2=S)cc1. The Bertz CT molecular complexity index is 846. The second kappa shape index (κ2) is 8.38. The minimum atomic E-state index is -0.0561. The van der Waals surface area contributed by atoms with Crippen molar-refractivity contribution in [3.63, 3.8) is 0 Å². The van der Waals surface area contributed by atoms with Gasteiger partial charge in [-0.25, -0.2) is 0 Å². The molecule has 2 aromatic rings. The number of amides is 1. The molecule has 134 valence electrons. The Morgan fingerprint density at radius 2 is 1.81 bits per heavy atom. The van der Waals surface area contributed by atoms with E-state index >= 15 is 0 Å². The Morgan fingerprint density at radius 3 is 2.50 bits per heavy atom. The molecule has 0 aromatic heterocycles. The van der Waals surface area contributed by atoms with Crippen LogP contribution < -0.4 is 9.47 Å². The van der Waals surface area contributed by atoms with E-state index in [1.807, 2.05) is 54.6 Å². The first-order valence-electron chi connectivity index (χ1n) is 8.13. The normalized spacial score (nSPS) is 15.6. The number of nitrogens with zero attached hydrogens (tertiary/aromatic N) is 1. The third kappa shape index (κ3) is 4.08. The molecule has 26 heavy (non-hydrogen) atoms. The Hall–Kier alpha value is -2.31. The van der Waals surface area contributed by atoms with Crippen LogP contribution in [0.3, 0.4) is 0 Å². The number of hydrogen-bond acceptors (Lipinski definition) is 5. The number of para-hydroxylation sites is 1. The standard InChI is InChI=1S/C20H19NO3S2/c1-23-16-9-7-14(8-10-16)11-12-21-19(22)18(26-20(21)25)13-15-5-3-4-6-17(15)24-2/h3-10,13H,11-12H2,1-2H3/b18-13-. The molecule has 4 nitrogen and oxygen atoms in total. The number of thiocarbonyl (C=S) groups is 1. The molecule has 1 aliphatic rings. The van der Waals surface area contributed by atoms with Gasteiger partial charge in [0.25, 0.3) is 5.91 Å². The van der Waals surface area contributed by atoms with Crippen LogP contribution in [0.1, 0.15) is 11.1 Å². The Morgan fingerprint density at radius 1 is 1.08 bits per heavy atom. The maximum absolute atomic E-state index is 12.7. The van der Waals surface area contributed by atoms with Crippen LogP contribution in [-0.4, -0.2) is 35.9 Å². The number of benzene rings is 2. The first-order valence-corrected chi connectivity index (χ1v) is 9.36. The van der Waals surface area contributed by atoms with Gasteiger partial charge in [0.05, 0.1) is 19.1 Å². The fourth-order valence-corrected chi connectivity index (χ4v) is 3.95. The Labute approximate surface area is 162 Å². The van der Waals surface area contributed by atoms with Crippen LogP contribution in [0, 0.1) is 0 Å². The molecule has 1 aliphatic heterocycles. The summed E-state index contributed by atoms with van der Waals surface area (Å²) in [6.45, 7) is 0.556. The van der Waals surface area contributed by atoms with Crippen molar-refractivity contribution in [3.8, 4) is 11.5 Å². The van der Waals surface area contributed by atoms with E-state index in [-0.39, 0.29) is 5.91 Å². The summed E-state index contributed by atoms with van der Waals surface area (Å²) in [7, 11) is 3.26. The van der Waals surface area contributed by atoms with E-state index in [2.05, 4.69) is 0 Å². The van der Waals surface area contributed by atoms with Crippen LogP contribution in [0.4, 0.5) is 0 Å². The van der Waals surface area contributed by atoms with E-state index < -0.39 is 0 Å². The summed E-state index contributed by atoms with van der Waals surface area (Å²) in [6.07, 6.45) is 2.57. The van der Waals surface area contributed by atoms with Crippen LogP contribution >= 0.6 is 24.0 Å². The minimum Gasteiger partial charge on any atom is -0.497 e. The highest BCUT2D eigenvalue weighted by Gasteiger charge is 2.31. The number of methoxy groups -OCH3 is 2. The number of rotatable bonds is 6. The molecule has 6 heteroatoms. The van der Waals surface area contributed by atoms with Crippen LogP contribution in [0.15, 0.2) is 53.4 Å². The van der Waals surface area contributed by atoms with Crippen LogP contribution in [0.2, 0.25) is 0 Å². The topological polar surface area (TPSA) is 38.8 Å². The molecule has 0 N–H and O–H groups in total. The average molecular weight is 386 g/mol. The summed E-state index contributed by atoms with van der Waals surface area (Å²) in [5.41, 5.74) is 2.00. The number of thioether (sulfide) groups is 1. The minimum absolute atomic E-state index is 0.0561. The van der Waals surface area contributed by atoms with Crippen LogP contribution in [-0.2, 0) is 11.2 Å². The average Bonchev–Trinajstić information content (AvgIpc) is 2.94. The van der Waals surface area contributed by atoms with Crippen LogP contribution in [0.5, 0.6) is 11.5 Å². The highest BCUT2D eigenvalue weighted by atomic mass is 32.2. The van der Waals surface area contributed by atoms with E-state index in [0.717, 1.165) is 29.0 Å². The number of carbonyl (C=O) groups excluding carboxylic acids is 1. The van der Waals surface area contributed by atoms with Gasteiger partial charge in [-0.05, 0) is 36.3 Å². The predicted octanol–water partition coefficient (Wildman–Crippen LogP) is 4.15. The van der Waals surface area contributed by atoms with Gasteiger partial charge in [-0.1, -0.05) is 54.3 Å². The van der Waals surface area contributed by atoms with Crippen molar-refractivity contribution in [2.24, 2.45) is 0 Å². The summed E-state index contributed by atoms with van der Waals surface area (Å²) >= 11 is 6.73. The van der Waals surface area contributed by atoms with E-state index in [4.69, 9.17) is 21.7 Å². The van der Waals surface area contributed by atoms with Crippen molar-refractivity contribution in [2.45, 2.75) is 6.42 Å². The molecule has 1 amide bonds.